The third-order valence-corrected chi connectivity index (χ3v) is 13.5. The third kappa shape index (κ3) is 4.21. The molecule has 7 rings (SSSR count). The second-order valence-corrected chi connectivity index (χ2v) is 15.0. The Morgan fingerprint density at radius 2 is 1.63 bits per heavy atom. The van der Waals surface area contributed by atoms with Gasteiger partial charge in [-0.2, -0.15) is 0 Å². The summed E-state index contributed by atoms with van der Waals surface area (Å²) in [5, 5.41) is 26.0. The maximum Gasteiger partial charge on any atom is 0.338 e. The van der Waals surface area contributed by atoms with E-state index in [1.54, 1.807) is 51.7 Å². The molecule has 7 bridgehead atoms. The van der Waals surface area contributed by atoms with Crippen LogP contribution in [0.3, 0.4) is 0 Å². The number of carbonyl (C=O) groups is 3. The number of methoxy groups -OCH3 is 4. The first-order chi connectivity index (χ1) is 23.4. The van der Waals surface area contributed by atoms with Gasteiger partial charge in [0.15, 0.2) is 11.7 Å². The number of hydrogen-bond acceptors (Lipinski definition) is 13. The predicted molar refractivity (Wildman–Crippen MR) is 170 cm³/mol. The molecule has 1 aliphatic heterocycles. The van der Waals surface area contributed by atoms with Crippen LogP contribution in [-0.4, -0.2) is 135 Å². The summed E-state index contributed by atoms with van der Waals surface area (Å²) in [6, 6.07) is 8.12. The van der Waals surface area contributed by atoms with Crippen molar-refractivity contribution >= 4 is 17.9 Å². The molecule has 5 aliphatic carbocycles. The van der Waals surface area contributed by atoms with Crippen LogP contribution in [0.4, 0.5) is 0 Å². The molecule has 15 atom stereocenters. The molecule has 0 radical (unpaired) electrons. The van der Waals surface area contributed by atoms with Crippen LogP contribution in [0.5, 0.6) is 0 Å². The maximum atomic E-state index is 13.9. The second-order valence-electron chi connectivity index (χ2n) is 15.0. The van der Waals surface area contributed by atoms with E-state index in [0.29, 0.717) is 19.5 Å². The minimum Gasteiger partial charge on any atom is -0.462 e. The van der Waals surface area contributed by atoms with E-state index in [9.17, 15) is 24.6 Å². The zero-order valence-electron chi connectivity index (χ0n) is 29.2. The van der Waals surface area contributed by atoms with Gasteiger partial charge in [-0.05, 0) is 31.0 Å². The molecular formula is C36H49NO12. The number of rotatable bonds is 10. The number of benzene rings is 1. The molecule has 1 aromatic rings. The van der Waals surface area contributed by atoms with Gasteiger partial charge in [-0.1, -0.05) is 25.1 Å². The number of hydrogen-bond donors (Lipinski definition) is 2. The van der Waals surface area contributed by atoms with Crippen molar-refractivity contribution in [2.75, 3.05) is 48.1 Å². The van der Waals surface area contributed by atoms with Crippen molar-refractivity contribution in [1.29, 1.82) is 0 Å². The smallest absolute Gasteiger partial charge is 0.338 e. The Morgan fingerprint density at radius 1 is 0.918 bits per heavy atom. The summed E-state index contributed by atoms with van der Waals surface area (Å²) in [7, 11) is 6.26. The van der Waals surface area contributed by atoms with E-state index in [1.165, 1.54) is 21.0 Å². The van der Waals surface area contributed by atoms with Crippen LogP contribution in [-0.2, 0) is 42.7 Å². The maximum absolute atomic E-state index is 13.9. The monoisotopic (exact) mass is 687 g/mol. The summed E-state index contributed by atoms with van der Waals surface area (Å²) in [5.74, 6) is -4.32. The molecule has 1 saturated heterocycles. The number of likely N-dealkylation sites (tertiary alicyclic amines) is 1. The van der Waals surface area contributed by atoms with Gasteiger partial charge in [-0.25, -0.2) is 4.79 Å². The van der Waals surface area contributed by atoms with Gasteiger partial charge in [-0.15, -0.1) is 0 Å². The van der Waals surface area contributed by atoms with E-state index < -0.39 is 100 Å². The van der Waals surface area contributed by atoms with Gasteiger partial charge in [0.1, 0.15) is 23.9 Å². The van der Waals surface area contributed by atoms with Crippen molar-refractivity contribution in [2.24, 2.45) is 34.5 Å². The van der Waals surface area contributed by atoms with E-state index in [4.69, 9.17) is 33.2 Å². The average molecular weight is 688 g/mol. The van der Waals surface area contributed by atoms with E-state index in [2.05, 4.69) is 4.90 Å². The van der Waals surface area contributed by atoms with Gasteiger partial charge in [0.25, 0.3) is 0 Å². The lowest BCUT2D eigenvalue weighted by molar-refractivity contribution is -0.321. The number of aliphatic hydroxyl groups excluding tert-OH is 1. The van der Waals surface area contributed by atoms with Crippen LogP contribution in [0.1, 0.15) is 44.0 Å². The number of fused-ring (bicyclic) bond motifs is 2. The fourth-order valence-corrected chi connectivity index (χ4v) is 12.6. The van der Waals surface area contributed by atoms with Crippen LogP contribution in [0.25, 0.3) is 0 Å². The molecule has 1 spiro atoms. The molecule has 13 nitrogen and oxygen atoms in total. The van der Waals surface area contributed by atoms with Gasteiger partial charge in [-0.3, -0.25) is 14.5 Å². The van der Waals surface area contributed by atoms with Gasteiger partial charge in [0.05, 0.1) is 24.4 Å². The number of ether oxygens (including phenoxy) is 7. The first-order valence-corrected chi connectivity index (χ1v) is 17.2. The van der Waals surface area contributed by atoms with Crippen LogP contribution in [0, 0.1) is 34.5 Å². The number of aliphatic hydroxyl groups is 2. The zero-order valence-corrected chi connectivity index (χ0v) is 29.2. The summed E-state index contributed by atoms with van der Waals surface area (Å²) in [4.78, 5) is 41.9. The van der Waals surface area contributed by atoms with Crippen LogP contribution in [0.15, 0.2) is 30.3 Å². The summed E-state index contributed by atoms with van der Waals surface area (Å²) in [6.07, 6.45) is -5.35. The zero-order chi connectivity index (χ0) is 35.3. The largest absolute Gasteiger partial charge is 0.462 e. The number of carbonyl (C=O) groups excluding carboxylic acids is 3. The first-order valence-electron chi connectivity index (χ1n) is 17.2. The Morgan fingerprint density at radius 3 is 2.20 bits per heavy atom. The Balaban J connectivity index is 1.52. The average Bonchev–Trinajstić information content (AvgIpc) is 3.46. The molecule has 1 unspecified atom stereocenters. The Bertz CT molecular complexity index is 1480. The normalized spacial score (nSPS) is 47.4. The van der Waals surface area contributed by atoms with Crippen LogP contribution >= 0.6 is 0 Å². The highest BCUT2D eigenvalue weighted by Crippen LogP contribution is 2.80. The molecule has 1 aromatic carbocycles. The number of piperidine rings is 1. The Kier molecular flexibility index (Phi) is 8.49. The molecule has 13 heteroatoms. The highest BCUT2D eigenvalue weighted by molar-refractivity contribution is 5.89. The van der Waals surface area contributed by atoms with Crippen molar-refractivity contribution in [2.45, 2.75) is 87.5 Å². The van der Waals surface area contributed by atoms with Gasteiger partial charge < -0.3 is 43.4 Å². The number of esters is 3. The van der Waals surface area contributed by atoms with Crippen molar-refractivity contribution in [1.82, 2.24) is 4.90 Å². The standard InChI is InChI=1S/C36H49NO12/c1-8-37-16-33(17-43-4)22(47-18(2)38)14-23(44-5)35-21-15-34(49-19(3)39)30(48-32(41)20-12-10-9-11-13-20)24(21)36(42,29(40)31(34)46-7)25(28(35)37)26(45-6)27(33)35/h9-13,21-31,40,42H,8,14-17H2,1-7H3/t21-,22?,23+,24-,25+,26+,27-,28-,29+,30-,31+,33+,34+,35+,36-/m1/s1. The fourth-order valence-electron chi connectivity index (χ4n) is 12.6. The lowest BCUT2D eigenvalue weighted by atomic mass is 9.42. The molecule has 0 amide bonds. The van der Waals surface area contributed by atoms with Crippen molar-refractivity contribution in [3.8, 4) is 0 Å². The van der Waals surface area contributed by atoms with Crippen LogP contribution in [0.2, 0.25) is 0 Å². The second kappa shape index (κ2) is 12.0. The molecule has 6 fully saturated rings. The fraction of sp³-hybridized carbons (Fsp3) is 0.750. The van der Waals surface area contributed by atoms with E-state index in [-0.39, 0.29) is 24.6 Å². The predicted octanol–water partition coefficient (Wildman–Crippen LogP) is 1.22. The van der Waals surface area contributed by atoms with E-state index in [1.807, 2.05) is 6.92 Å². The summed E-state index contributed by atoms with van der Waals surface area (Å²) < 4.78 is 43.7. The molecule has 2 N–H and O–H groups in total. The van der Waals surface area contributed by atoms with Gasteiger partial charge >= 0.3 is 17.9 Å². The summed E-state index contributed by atoms with van der Waals surface area (Å²) in [5.41, 5.74) is -4.91. The Labute approximate surface area is 286 Å². The van der Waals surface area contributed by atoms with Crippen molar-refractivity contribution < 1.29 is 57.8 Å². The first kappa shape index (κ1) is 34.8. The molecule has 5 saturated carbocycles. The van der Waals surface area contributed by atoms with Crippen molar-refractivity contribution in [3.05, 3.63) is 35.9 Å². The highest BCUT2D eigenvalue weighted by atomic mass is 16.6. The summed E-state index contributed by atoms with van der Waals surface area (Å²) in [6.45, 7) is 5.99. The SMILES string of the molecule is CCN1C[C@]2(COC)C(OC(C)=O)C[C@H](OC)[C@@]34[C@@H]5C[C@]6(OC(C)=O)[C@H](OC(=O)c7ccccc7)[C@@H]5[C@@](O)([C@@H]([C@H](OC)[C@H]23)[C@@H]14)[C@@H](O)[C@@H]6OC. The lowest BCUT2D eigenvalue weighted by Gasteiger charge is -2.70. The molecule has 1 heterocycles. The highest BCUT2D eigenvalue weighted by Gasteiger charge is 2.92. The topological polar surface area (TPSA) is 160 Å². The minimum absolute atomic E-state index is 0.108. The minimum atomic E-state index is -1.94. The van der Waals surface area contributed by atoms with Crippen LogP contribution < -0.4 is 0 Å². The molecule has 0 aromatic heterocycles. The van der Waals surface area contributed by atoms with Gasteiger partial charge in [0.2, 0.25) is 0 Å². The van der Waals surface area contributed by atoms with E-state index in [0.717, 1.165) is 0 Å². The summed E-state index contributed by atoms with van der Waals surface area (Å²) >= 11 is 0. The quantitative estimate of drug-likeness (QED) is 0.267. The number of nitrogens with zero attached hydrogens (tertiary/aromatic N) is 1. The molecular weight excluding hydrogens is 638 g/mol. The van der Waals surface area contributed by atoms with E-state index >= 15 is 0 Å². The molecule has 6 aliphatic rings. The Hall–Kier alpha value is -2.65. The van der Waals surface area contributed by atoms with Crippen molar-refractivity contribution in [3.63, 3.8) is 0 Å². The molecule has 270 valence electrons. The molecule has 49 heavy (non-hydrogen) atoms. The third-order valence-electron chi connectivity index (χ3n) is 13.5. The lowest BCUT2D eigenvalue weighted by Crippen LogP contribution is -2.81. The van der Waals surface area contributed by atoms with Gasteiger partial charge in [0, 0.05) is 89.9 Å².